The SMILES string of the molecule is Cn1c(CCNC(=O)C2CNNC2c2cccc(F)c2)n[nH]c1=O. The molecular weight excluding hydrogens is 315 g/mol. The number of hydrazine groups is 1. The van der Waals surface area contributed by atoms with Crippen LogP contribution in [0.15, 0.2) is 29.1 Å². The van der Waals surface area contributed by atoms with Crippen LogP contribution < -0.4 is 21.9 Å². The average molecular weight is 334 g/mol. The lowest BCUT2D eigenvalue weighted by atomic mass is 9.94. The highest BCUT2D eigenvalue weighted by atomic mass is 19.1. The van der Waals surface area contributed by atoms with E-state index in [4.69, 9.17) is 0 Å². The summed E-state index contributed by atoms with van der Waals surface area (Å²) in [5.41, 5.74) is 6.39. The fourth-order valence-corrected chi connectivity index (χ4v) is 2.79. The zero-order chi connectivity index (χ0) is 17.1. The van der Waals surface area contributed by atoms with Crippen molar-refractivity contribution in [3.05, 3.63) is 52.0 Å². The molecule has 0 bridgehead atoms. The van der Waals surface area contributed by atoms with E-state index in [1.54, 1.807) is 19.2 Å². The van der Waals surface area contributed by atoms with Crippen LogP contribution in [0.1, 0.15) is 17.4 Å². The minimum absolute atomic E-state index is 0.137. The van der Waals surface area contributed by atoms with Gasteiger partial charge in [-0.2, -0.15) is 5.10 Å². The van der Waals surface area contributed by atoms with Gasteiger partial charge in [0.25, 0.3) is 0 Å². The van der Waals surface area contributed by atoms with Crippen LogP contribution in [0.25, 0.3) is 0 Å². The van der Waals surface area contributed by atoms with Crippen molar-refractivity contribution < 1.29 is 9.18 Å². The molecular formula is C15H19FN6O2. The molecule has 128 valence electrons. The zero-order valence-corrected chi connectivity index (χ0v) is 13.2. The second kappa shape index (κ2) is 6.93. The van der Waals surface area contributed by atoms with Crippen LogP contribution >= 0.6 is 0 Å². The summed E-state index contributed by atoms with van der Waals surface area (Å²) in [5.74, 6) is -0.249. The van der Waals surface area contributed by atoms with Gasteiger partial charge in [-0.3, -0.25) is 14.8 Å². The van der Waals surface area contributed by atoms with Crippen molar-refractivity contribution in [3.63, 3.8) is 0 Å². The van der Waals surface area contributed by atoms with E-state index in [2.05, 4.69) is 26.4 Å². The van der Waals surface area contributed by atoms with Crippen molar-refractivity contribution in [2.45, 2.75) is 12.5 Å². The van der Waals surface area contributed by atoms with Gasteiger partial charge in [0.2, 0.25) is 5.91 Å². The second-order valence-electron chi connectivity index (χ2n) is 5.71. The highest BCUT2D eigenvalue weighted by molar-refractivity contribution is 5.80. The molecule has 1 aliphatic heterocycles. The number of nitrogens with one attached hydrogen (secondary N) is 4. The van der Waals surface area contributed by atoms with Gasteiger partial charge in [0.05, 0.1) is 12.0 Å². The van der Waals surface area contributed by atoms with E-state index in [1.165, 1.54) is 16.7 Å². The number of nitrogens with zero attached hydrogens (tertiary/aromatic N) is 2. The summed E-state index contributed by atoms with van der Waals surface area (Å²) in [4.78, 5) is 23.7. The summed E-state index contributed by atoms with van der Waals surface area (Å²) < 4.78 is 14.8. The van der Waals surface area contributed by atoms with E-state index in [0.29, 0.717) is 25.3 Å². The van der Waals surface area contributed by atoms with Gasteiger partial charge in [0.15, 0.2) is 0 Å². The first-order valence-corrected chi connectivity index (χ1v) is 7.68. The molecule has 2 atom stereocenters. The number of aromatic nitrogens is 3. The summed E-state index contributed by atoms with van der Waals surface area (Å²) in [6.45, 7) is 0.817. The normalized spacial score (nSPS) is 20.2. The van der Waals surface area contributed by atoms with Crippen LogP contribution in [-0.4, -0.2) is 33.8 Å². The number of H-pyrrole nitrogens is 1. The van der Waals surface area contributed by atoms with Crippen molar-refractivity contribution in [2.75, 3.05) is 13.1 Å². The summed E-state index contributed by atoms with van der Waals surface area (Å²) in [5, 5.41) is 9.08. The van der Waals surface area contributed by atoms with Gasteiger partial charge >= 0.3 is 5.69 Å². The van der Waals surface area contributed by atoms with E-state index in [0.717, 1.165) is 5.56 Å². The molecule has 8 nitrogen and oxygen atoms in total. The van der Waals surface area contributed by atoms with E-state index in [-0.39, 0.29) is 29.4 Å². The number of carbonyl (C=O) groups excluding carboxylic acids is 1. The Balaban J connectivity index is 1.59. The van der Waals surface area contributed by atoms with E-state index < -0.39 is 0 Å². The van der Waals surface area contributed by atoms with Crippen molar-refractivity contribution in [2.24, 2.45) is 13.0 Å². The number of carbonyl (C=O) groups is 1. The maximum atomic E-state index is 13.4. The van der Waals surface area contributed by atoms with Gasteiger partial charge in [0, 0.05) is 26.6 Å². The molecule has 2 heterocycles. The van der Waals surface area contributed by atoms with Gasteiger partial charge < -0.3 is 5.32 Å². The molecule has 3 rings (SSSR count). The number of halogens is 1. The zero-order valence-electron chi connectivity index (χ0n) is 13.2. The Kier molecular flexibility index (Phi) is 4.72. The molecule has 1 amide bonds. The Morgan fingerprint density at radius 3 is 3.04 bits per heavy atom. The Morgan fingerprint density at radius 1 is 1.50 bits per heavy atom. The van der Waals surface area contributed by atoms with Crippen molar-refractivity contribution in [3.8, 4) is 0 Å². The van der Waals surface area contributed by atoms with Crippen molar-refractivity contribution >= 4 is 5.91 Å². The van der Waals surface area contributed by atoms with Gasteiger partial charge in [0.1, 0.15) is 11.6 Å². The third-order valence-corrected chi connectivity index (χ3v) is 4.15. The molecule has 9 heteroatoms. The Bertz CT molecular complexity index is 786. The predicted molar refractivity (Wildman–Crippen MR) is 84.3 cm³/mol. The fraction of sp³-hybridized carbons (Fsp3) is 0.400. The molecule has 1 aromatic carbocycles. The molecule has 0 radical (unpaired) electrons. The topological polar surface area (TPSA) is 104 Å². The van der Waals surface area contributed by atoms with Crippen LogP contribution in [0, 0.1) is 11.7 Å². The monoisotopic (exact) mass is 334 g/mol. The van der Waals surface area contributed by atoms with Crippen LogP contribution in [-0.2, 0) is 18.3 Å². The molecule has 24 heavy (non-hydrogen) atoms. The van der Waals surface area contributed by atoms with Crippen LogP contribution in [0.2, 0.25) is 0 Å². The first kappa shape index (κ1) is 16.3. The number of hydrogen-bond donors (Lipinski definition) is 4. The minimum atomic E-state index is -0.352. The number of benzene rings is 1. The maximum Gasteiger partial charge on any atom is 0.343 e. The Hall–Kier alpha value is -2.52. The lowest BCUT2D eigenvalue weighted by molar-refractivity contribution is -0.124. The van der Waals surface area contributed by atoms with E-state index in [1.807, 2.05) is 0 Å². The Labute approximate surface area is 137 Å². The third kappa shape index (κ3) is 3.36. The van der Waals surface area contributed by atoms with E-state index in [9.17, 15) is 14.0 Å². The molecule has 0 spiro atoms. The number of amides is 1. The largest absolute Gasteiger partial charge is 0.355 e. The van der Waals surface area contributed by atoms with Gasteiger partial charge in [-0.1, -0.05) is 12.1 Å². The molecule has 1 aliphatic rings. The second-order valence-corrected chi connectivity index (χ2v) is 5.71. The van der Waals surface area contributed by atoms with E-state index >= 15 is 0 Å². The summed E-state index contributed by atoms with van der Waals surface area (Å²) >= 11 is 0. The Morgan fingerprint density at radius 2 is 2.33 bits per heavy atom. The minimum Gasteiger partial charge on any atom is -0.355 e. The third-order valence-electron chi connectivity index (χ3n) is 4.15. The first-order valence-electron chi connectivity index (χ1n) is 7.68. The quantitative estimate of drug-likeness (QED) is 0.583. The van der Waals surface area contributed by atoms with Crippen molar-refractivity contribution in [1.82, 2.24) is 30.9 Å². The lowest BCUT2D eigenvalue weighted by Gasteiger charge is -2.18. The molecule has 0 aliphatic carbocycles. The van der Waals surface area contributed by atoms with Crippen LogP contribution in [0.4, 0.5) is 4.39 Å². The molecule has 1 fully saturated rings. The lowest BCUT2D eigenvalue weighted by Crippen LogP contribution is -2.36. The summed E-state index contributed by atoms with van der Waals surface area (Å²) in [6, 6.07) is 5.90. The van der Waals surface area contributed by atoms with Gasteiger partial charge in [-0.25, -0.2) is 19.7 Å². The molecule has 2 unspecified atom stereocenters. The molecule has 1 aromatic heterocycles. The fourth-order valence-electron chi connectivity index (χ4n) is 2.79. The number of hydrogen-bond acceptors (Lipinski definition) is 5. The predicted octanol–water partition coefficient (Wildman–Crippen LogP) is -0.628. The van der Waals surface area contributed by atoms with Gasteiger partial charge in [-0.15, -0.1) is 0 Å². The average Bonchev–Trinajstić information content (AvgIpc) is 3.17. The smallest absolute Gasteiger partial charge is 0.343 e. The molecule has 1 saturated heterocycles. The number of rotatable bonds is 5. The summed E-state index contributed by atoms with van der Waals surface area (Å²) in [6.07, 6.45) is 0.444. The molecule has 2 aromatic rings. The van der Waals surface area contributed by atoms with Gasteiger partial charge in [-0.05, 0) is 17.7 Å². The highest BCUT2D eigenvalue weighted by Crippen LogP contribution is 2.25. The number of aromatic amines is 1. The maximum absolute atomic E-state index is 13.4. The first-order chi connectivity index (χ1) is 11.6. The molecule has 4 N–H and O–H groups in total. The summed E-state index contributed by atoms with van der Waals surface area (Å²) in [7, 11) is 1.62. The molecule has 0 saturated carbocycles. The van der Waals surface area contributed by atoms with Crippen molar-refractivity contribution in [1.29, 1.82) is 0 Å². The van der Waals surface area contributed by atoms with Crippen LogP contribution in [0.5, 0.6) is 0 Å². The standard InChI is InChI=1S/C15H19FN6O2/c1-22-12(19-21-15(22)24)5-6-17-14(23)11-8-18-20-13(11)9-3-2-4-10(16)7-9/h2-4,7,11,13,18,20H,5-6,8H2,1H3,(H,17,23)(H,21,24). The highest BCUT2D eigenvalue weighted by Gasteiger charge is 2.33. The van der Waals surface area contributed by atoms with Crippen LogP contribution in [0.3, 0.4) is 0 Å².